The molecule has 1 saturated heterocycles. The quantitative estimate of drug-likeness (QED) is 0.760. The van der Waals surface area contributed by atoms with Crippen molar-refractivity contribution in [3.63, 3.8) is 0 Å². The molecule has 92 valence electrons. The number of benzene rings is 1. The van der Waals surface area contributed by atoms with Crippen LogP contribution in [0.25, 0.3) is 0 Å². The highest BCUT2D eigenvalue weighted by molar-refractivity contribution is 5.99. The standard InChI is InChI=1S/C13H17FN2O/c1-9-4-6-16(7-5-9)13(17)11-3-2-10(14)8-12(11)15/h2-3,8-9H,4-7,15H2,1H3. The molecule has 1 heterocycles. The molecule has 1 amide bonds. The van der Waals surface area contributed by atoms with E-state index in [0.717, 1.165) is 25.9 Å². The maximum absolute atomic E-state index is 12.9. The van der Waals surface area contributed by atoms with Crippen LogP contribution in [0.3, 0.4) is 0 Å². The molecule has 1 aliphatic heterocycles. The van der Waals surface area contributed by atoms with E-state index in [1.165, 1.54) is 18.2 Å². The van der Waals surface area contributed by atoms with Gasteiger partial charge in [0.25, 0.3) is 5.91 Å². The molecule has 4 heteroatoms. The third-order valence-corrected chi connectivity index (χ3v) is 3.31. The number of rotatable bonds is 1. The number of nitrogens with two attached hydrogens (primary N) is 1. The molecule has 17 heavy (non-hydrogen) atoms. The normalized spacial score (nSPS) is 17.2. The zero-order chi connectivity index (χ0) is 12.4. The highest BCUT2D eigenvalue weighted by Crippen LogP contribution is 2.21. The summed E-state index contributed by atoms with van der Waals surface area (Å²) in [5, 5.41) is 0. The maximum atomic E-state index is 12.9. The van der Waals surface area contributed by atoms with E-state index in [1.54, 1.807) is 4.90 Å². The average Bonchev–Trinajstić information content (AvgIpc) is 2.29. The Labute approximate surface area is 100 Å². The predicted molar refractivity (Wildman–Crippen MR) is 65.1 cm³/mol. The topological polar surface area (TPSA) is 46.3 Å². The highest BCUT2D eigenvalue weighted by Gasteiger charge is 2.22. The number of likely N-dealkylation sites (tertiary alicyclic amines) is 1. The van der Waals surface area contributed by atoms with E-state index in [2.05, 4.69) is 6.92 Å². The molecule has 0 spiro atoms. The summed E-state index contributed by atoms with van der Waals surface area (Å²) in [7, 11) is 0. The first kappa shape index (κ1) is 11.9. The molecule has 0 saturated carbocycles. The van der Waals surface area contributed by atoms with E-state index in [4.69, 9.17) is 5.73 Å². The van der Waals surface area contributed by atoms with E-state index < -0.39 is 5.82 Å². The third-order valence-electron chi connectivity index (χ3n) is 3.31. The van der Waals surface area contributed by atoms with Gasteiger partial charge in [0.2, 0.25) is 0 Å². The van der Waals surface area contributed by atoms with Gasteiger partial charge in [-0.3, -0.25) is 4.79 Å². The van der Waals surface area contributed by atoms with E-state index >= 15 is 0 Å². The minimum Gasteiger partial charge on any atom is -0.398 e. The van der Waals surface area contributed by atoms with Crippen molar-refractivity contribution in [3.05, 3.63) is 29.6 Å². The van der Waals surface area contributed by atoms with Crippen LogP contribution < -0.4 is 5.73 Å². The lowest BCUT2D eigenvalue weighted by atomic mass is 9.98. The van der Waals surface area contributed by atoms with Crippen molar-refractivity contribution in [2.24, 2.45) is 5.92 Å². The Kier molecular flexibility index (Phi) is 3.31. The van der Waals surface area contributed by atoms with Gasteiger partial charge in [-0.2, -0.15) is 0 Å². The van der Waals surface area contributed by atoms with E-state index in [9.17, 15) is 9.18 Å². The lowest BCUT2D eigenvalue weighted by Crippen LogP contribution is -2.38. The van der Waals surface area contributed by atoms with Crippen molar-refractivity contribution in [2.75, 3.05) is 18.8 Å². The van der Waals surface area contributed by atoms with Gasteiger partial charge in [0, 0.05) is 18.8 Å². The smallest absolute Gasteiger partial charge is 0.255 e. The van der Waals surface area contributed by atoms with Crippen molar-refractivity contribution in [1.82, 2.24) is 4.90 Å². The maximum Gasteiger partial charge on any atom is 0.255 e. The first-order valence-corrected chi connectivity index (χ1v) is 5.92. The Bertz CT molecular complexity index is 425. The average molecular weight is 236 g/mol. The number of anilines is 1. The molecule has 2 rings (SSSR count). The van der Waals surface area contributed by atoms with Crippen LogP contribution in [0.5, 0.6) is 0 Å². The molecule has 1 aromatic carbocycles. The molecule has 0 aliphatic carbocycles. The fourth-order valence-corrected chi connectivity index (χ4v) is 2.11. The molecule has 2 N–H and O–H groups in total. The lowest BCUT2D eigenvalue weighted by molar-refractivity contribution is 0.0698. The molecule has 3 nitrogen and oxygen atoms in total. The van der Waals surface area contributed by atoms with Crippen LogP contribution >= 0.6 is 0 Å². The first-order valence-electron chi connectivity index (χ1n) is 5.92. The number of amides is 1. The number of nitrogens with zero attached hydrogens (tertiary/aromatic N) is 1. The van der Waals surface area contributed by atoms with Crippen molar-refractivity contribution in [1.29, 1.82) is 0 Å². The summed E-state index contributed by atoms with van der Waals surface area (Å²) in [6, 6.07) is 3.93. The molecule has 1 fully saturated rings. The molecule has 0 bridgehead atoms. The Morgan fingerprint density at radius 3 is 2.65 bits per heavy atom. The second-order valence-electron chi connectivity index (χ2n) is 4.71. The summed E-state index contributed by atoms with van der Waals surface area (Å²) in [4.78, 5) is 14.0. The van der Waals surface area contributed by atoms with Crippen LogP contribution in [0.2, 0.25) is 0 Å². The number of piperidine rings is 1. The second-order valence-corrected chi connectivity index (χ2v) is 4.71. The zero-order valence-electron chi connectivity index (χ0n) is 9.95. The second kappa shape index (κ2) is 4.73. The minimum absolute atomic E-state index is 0.0885. The molecule has 0 atom stereocenters. The number of hydrogen-bond acceptors (Lipinski definition) is 2. The van der Waals surface area contributed by atoms with Gasteiger partial charge >= 0.3 is 0 Å². The van der Waals surface area contributed by atoms with E-state index in [0.29, 0.717) is 11.5 Å². The highest BCUT2D eigenvalue weighted by atomic mass is 19.1. The Morgan fingerprint density at radius 2 is 2.06 bits per heavy atom. The van der Waals surface area contributed by atoms with Crippen molar-refractivity contribution in [2.45, 2.75) is 19.8 Å². The van der Waals surface area contributed by atoms with Crippen LogP contribution in [0.15, 0.2) is 18.2 Å². The van der Waals surface area contributed by atoms with Crippen LogP contribution in [-0.4, -0.2) is 23.9 Å². The molecule has 1 aromatic rings. The first-order chi connectivity index (χ1) is 8.08. The number of carbonyl (C=O) groups is 1. The number of carbonyl (C=O) groups excluding carboxylic acids is 1. The monoisotopic (exact) mass is 236 g/mol. The Balaban J connectivity index is 2.14. The fraction of sp³-hybridized carbons (Fsp3) is 0.462. The van der Waals surface area contributed by atoms with Crippen LogP contribution in [0.1, 0.15) is 30.1 Å². The number of nitrogen functional groups attached to an aromatic ring is 1. The Morgan fingerprint density at radius 1 is 1.41 bits per heavy atom. The van der Waals surface area contributed by atoms with Crippen molar-refractivity contribution < 1.29 is 9.18 Å². The van der Waals surface area contributed by atoms with Gasteiger partial charge in [0.05, 0.1) is 5.56 Å². The molecular formula is C13H17FN2O. The molecule has 0 unspecified atom stereocenters. The van der Waals surface area contributed by atoms with Gasteiger partial charge in [-0.15, -0.1) is 0 Å². The Hall–Kier alpha value is -1.58. The summed E-state index contributed by atoms with van der Waals surface area (Å²) in [5.74, 6) is 0.172. The summed E-state index contributed by atoms with van der Waals surface area (Å²) in [6.45, 7) is 3.71. The minimum atomic E-state index is -0.411. The SMILES string of the molecule is CC1CCN(C(=O)c2ccc(F)cc2N)CC1. The summed E-state index contributed by atoms with van der Waals surface area (Å²) in [5.41, 5.74) is 6.29. The summed E-state index contributed by atoms with van der Waals surface area (Å²) < 4.78 is 12.9. The van der Waals surface area contributed by atoms with E-state index in [1.807, 2.05) is 0 Å². The molecular weight excluding hydrogens is 219 g/mol. The molecule has 0 aromatic heterocycles. The summed E-state index contributed by atoms with van der Waals surface area (Å²) in [6.07, 6.45) is 2.04. The van der Waals surface area contributed by atoms with Crippen molar-refractivity contribution in [3.8, 4) is 0 Å². The third kappa shape index (κ3) is 2.57. The lowest BCUT2D eigenvalue weighted by Gasteiger charge is -2.30. The van der Waals surface area contributed by atoms with Crippen LogP contribution in [0.4, 0.5) is 10.1 Å². The van der Waals surface area contributed by atoms with Gasteiger partial charge in [-0.05, 0) is 37.0 Å². The van der Waals surface area contributed by atoms with Crippen LogP contribution in [-0.2, 0) is 0 Å². The van der Waals surface area contributed by atoms with Crippen LogP contribution in [0, 0.1) is 11.7 Å². The molecule has 0 radical (unpaired) electrons. The van der Waals surface area contributed by atoms with Gasteiger partial charge in [0.15, 0.2) is 0 Å². The predicted octanol–water partition coefficient (Wildman–Crippen LogP) is 2.28. The van der Waals surface area contributed by atoms with Gasteiger partial charge < -0.3 is 10.6 Å². The van der Waals surface area contributed by atoms with Gasteiger partial charge in [-0.25, -0.2) is 4.39 Å². The van der Waals surface area contributed by atoms with Gasteiger partial charge in [-0.1, -0.05) is 6.92 Å². The largest absolute Gasteiger partial charge is 0.398 e. The number of hydrogen-bond donors (Lipinski definition) is 1. The molecule has 1 aliphatic rings. The fourth-order valence-electron chi connectivity index (χ4n) is 2.11. The van der Waals surface area contributed by atoms with E-state index in [-0.39, 0.29) is 11.6 Å². The van der Waals surface area contributed by atoms with Gasteiger partial charge in [0.1, 0.15) is 5.82 Å². The summed E-state index contributed by atoms with van der Waals surface area (Å²) >= 11 is 0. The zero-order valence-corrected chi connectivity index (χ0v) is 9.95. The van der Waals surface area contributed by atoms with Crippen molar-refractivity contribution >= 4 is 11.6 Å². The number of halogens is 1.